The average Bonchev–Trinajstić information content (AvgIpc) is 2.53. The van der Waals surface area contributed by atoms with Crippen LogP contribution in [0.4, 0.5) is 0 Å². The van der Waals surface area contributed by atoms with Crippen LogP contribution in [0.25, 0.3) is 11.1 Å². The van der Waals surface area contributed by atoms with Crippen molar-refractivity contribution in [1.29, 1.82) is 0 Å². The van der Waals surface area contributed by atoms with E-state index in [-0.39, 0.29) is 12.1 Å². The molecule has 0 saturated carbocycles. The Morgan fingerprint density at radius 3 is 2.88 bits per heavy atom. The highest BCUT2D eigenvalue weighted by atomic mass is 127. The molecule has 1 aromatic heterocycles. The molecular weight excluding hydrogens is 415 g/mol. The molecule has 1 aromatic carbocycles. The van der Waals surface area contributed by atoms with Crippen LogP contribution in [-0.4, -0.2) is 17.6 Å². The zero-order valence-corrected chi connectivity index (χ0v) is 16.4. The summed E-state index contributed by atoms with van der Waals surface area (Å²) >= 11 is 2.30. The SMILES string of the molecule is CC(C)C[C@H](N)COc1cc2c(cc1I)-c1cnccc1C(C)O2. The van der Waals surface area contributed by atoms with Crippen molar-refractivity contribution in [1.82, 2.24) is 4.98 Å². The van der Waals surface area contributed by atoms with Crippen molar-refractivity contribution >= 4 is 22.6 Å². The van der Waals surface area contributed by atoms with Crippen molar-refractivity contribution < 1.29 is 9.47 Å². The molecular formula is C19H23IN2O2. The number of nitrogens with zero attached hydrogens (tertiary/aromatic N) is 1. The Kier molecular flexibility index (Phi) is 5.30. The number of nitrogens with two attached hydrogens (primary N) is 1. The van der Waals surface area contributed by atoms with Gasteiger partial charge in [0, 0.05) is 41.2 Å². The molecule has 0 saturated heterocycles. The molecule has 2 aromatic rings. The molecule has 2 N–H and O–H groups in total. The molecule has 1 aliphatic rings. The predicted molar refractivity (Wildman–Crippen MR) is 104 cm³/mol. The molecule has 1 unspecified atom stereocenters. The van der Waals surface area contributed by atoms with Gasteiger partial charge >= 0.3 is 0 Å². The monoisotopic (exact) mass is 438 g/mol. The van der Waals surface area contributed by atoms with Crippen LogP contribution in [0.2, 0.25) is 0 Å². The Labute approximate surface area is 156 Å². The minimum Gasteiger partial charge on any atom is -0.491 e. The van der Waals surface area contributed by atoms with Gasteiger partial charge in [0.2, 0.25) is 0 Å². The summed E-state index contributed by atoms with van der Waals surface area (Å²) in [7, 11) is 0. The summed E-state index contributed by atoms with van der Waals surface area (Å²) in [6.45, 7) is 6.91. The first kappa shape index (κ1) is 17.5. The van der Waals surface area contributed by atoms with Gasteiger partial charge in [-0.15, -0.1) is 0 Å². The number of hydrogen-bond donors (Lipinski definition) is 1. The fourth-order valence-corrected chi connectivity index (χ4v) is 3.69. The highest BCUT2D eigenvalue weighted by molar-refractivity contribution is 14.1. The highest BCUT2D eigenvalue weighted by Gasteiger charge is 2.24. The maximum atomic E-state index is 6.13. The summed E-state index contributed by atoms with van der Waals surface area (Å²) in [4.78, 5) is 4.26. The summed E-state index contributed by atoms with van der Waals surface area (Å²) in [5, 5.41) is 0. The topological polar surface area (TPSA) is 57.4 Å². The fraction of sp³-hybridized carbons (Fsp3) is 0.421. The van der Waals surface area contributed by atoms with Crippen molar-refractivity contribution in [3.05, 3.63) is 39.7 Å². The second-order valence-corrected chi connectivity index (χ2v) is 7.86. The van der Waals surface area contributed by atoms with Gasteiger partial charge in [0.05, 0.1) is 3.57 Å². The molecule has 0 fully saturated rings. The fourth-order valence-electron chi connectivity index (χ4n) is 3.06. The lowest BCUT2D eigenvalue weighted by molar-refractivity contribution is 0.220. The summed E-state index contributed by atoms with van der Waals surface area (Å²) in [6.07, 6.45) is 4.67. The van der Waals surface area contributed by atoms with Crippen molar-refractivity contribution in [3.8, 4) is 22.6 Å². The van der Waals surface area contributed by atoms with Gasteiger partial charge in [0.25, 0.3) is 0 Å². The number of halogens is 1. The molecule has 0 aliphatic carbocycles. The van der Waals surface area contributed by atoms with E-state index in [4.69, 9.17) is 15.2 Å². The van der Waals surface area contributed by atoms with Crippen LogP contribution in [0.5, 0.6) is 11.5 Å². The zero-order valence-electron chi connectivity index (χ0n) is 14.3. The van der Waals surface area contributed by atoms with E-state index < -0.39 is 0 Å². The number of fused-ring (bicyclic) bond motifs is 3. The smallest absolute Gasteiger partial charge is 0.136 e. The van der Waals surface area contributed by atoms with E-state index in [9.17, 15) is 0 Å². The lowest BCUT2D eigenvalue weighted by atomic mass is 9.95. The van der Waals surface area contributed by atoms with Crippen LogP contribution < -0.4 is 15.2 Å². The molecule has 5 heteroatoms. The first-order valence-corrected chi connectivity index (χ1v) is 9.36. The van der Waals surface area contributed by atoms with Crippen LogP contribution in [-0.2, 0) is 0 Å². The van der Waals surface area contributed by atoms with E-state index in [1.807, 2.05) is 24.5 Å². The molecule has 3 rings (SSSR count). The number of pyridine rings is 1. The largest absolute Gasteiger partial charge is 0.491 e. The summed E-state index contributed by atoms with van der Waals surface area (Å²) in [6, 6.07) is 6.14. The number of benzene rings is 1. The van der Waals surface area contributed by atoms with Gasteiger partial charge in [0.15, 0.2) is 0 Å². The van der Waals surface area contributed by atoms with Gasteiger partial charge in [-0.25, -0.2) is 0 Å². The molecule has 2 atom stereocenters. The molecule has 0 radical (unpaired) electrons. The quantitative estimate of drug-likeness (QED) is 0.696. The first-order valence-electron chi connectivity index (χ1n) is 8.28. The van der Waals surface area contributed by atoms with Crippen molar-refractivity contribution in [2.45, 2.75) is 39.3 Å². The Hall–Kier alpha value is -1.34. The van der Waals surface area contributed by atoms with E-state index in [0.29, 0.717) is 12.5 Å². The molecule has 0 spiro atoms. The molecule has 128 valence electrons. The van der Waals surface area contributed by atoms with Gasteiger partial charge in [-0.3, -0.25) is 4.98 Å². The van der Waals surface area contributed by atoms with Crippen LogP contribution in [0, 0.1) is 9.49 Å². The normalized spacial score (nSPS) is 17.0. The van der Waals surface area contributed by atoms with Gasteiger partial charge < -0.3 is 15.2 Å². The lowest BCUT2D eigenvalue weighted by Crippen LogP contribution is -2.29. The van der Waals surface area contributed by atoms with Crippen molar-refractivity contribution in [2.75, 3.05) is 6.61 Å². The standard InChI is InChI=1S/C19H23IN2O2/c1-11(2)6-13(21)10-23-19-8-18-15(7-17(19)20)16-9-22-5-4-14(16)12(3)24-18/h4-5,7-9,11-13H,6,10,21H2,1-3H3/t12?,13-/m0/s1. The maximum absolute atomic E-state index is 6.13. The zero-order chi connectivity index (χ0) is 17.3. The van der Waals surface area contributed by atoms with Gasteiger partial charge in [-0.05, 0) is 54.0 Å². The number of hydrogen-bond acceptors (Lipinski definition) is 4. The van der Waals surface area contributed by atoms with Crippen LogP contribution in [0.3, 0.4) is 0 Å². The molecule has 0 amide bonds. The van der Waals surface area contributed by atoms with Crippen molar-refractivity contribution in [2.24, 2.45) is 11.7 Å². The Morgan fingerprint density at radius 1 is 1.33 bits per heavy atom. The lowest BCUT2D eigenvalue weighted by Gasteiger charge is -2.27. The van der Waals surface area contributed by atoms with Gasteiger partial charge in [-0.1, -0.05) is 13.8 Å². The number of ether oxygens (including phenoxy) is 2. The molecule has 4 nitrogen and oxygen atoms in total. The Balaban J connectivity index is 1.85. The van der Waals surface area contributed by atoms with E-state index in [0.717, 1.165) is 32.6 Å². The third kappa shape index (κ3) is 3.67. The second-order valence-electron chi connectivity index (χ2n) is 6.70. The predicted octanol–water partition coefficient (Wildman–Crippen LogP) is 4.56. The van der Waals surface area contributed by atoms with Gasteiger partial charge in [0.1, 0.15) is 24.2 Å². The third-order valence-corrected chi connectivity index (χ3v) is 4.99. The summed E-state index contributed by atoms with van der Waals surface area (Å²) in [5.41, 5.74) is 9.50. The minimum absolute atomic E-state index is 0.00612. The van der Waals surface area contributed by atoms with E-state index in [1.165, 1.54) is 5.56 Å². The van der Waals surface area contributed by atoms with Crippen LogP contribution >= 0.6 is 22.6 Å². The van der Waals surface area contributed by atoms with Gasteiger partial charge in [-0.2, -0.15) is 0 Å². The first-order chi connectivity index (χ1) is 11.5. The molecule has 1 aliphatic heterocycles. The Morgan fingerprint density at radius 2 is 2.12 bits per heavy atom. The molecule has 24 heavy (non-hydrogen) atoms. The number of rotatable bonds is 5. The maximum Gasteiger partial charge on any atom is 0.136 e. The molecule has 0 bridgehead atoms. The van der Waals surface area contributed by atoms with Crippen LogP contribution in [0.15, 0.2) is 30.6 Å². The second kappa shape index (κ2) is 7.27. The third-order valence-electron chi connectivity index (χ3n) is 4.15. The highest BCUT2D eigenvalue weighted by Crippen LogP contribution is 2.44. The minimum atomic E-state index is 0.00612. The van der Waals surface area contributed by atoms with E-state index >= 15 is 0 Å². The number of aromatic nitrogens is 1. The summed E-state index contributed by atoms with van der Waals surface area (Å²) in [5.74, 6) is 2.24. The Bertz CT molecular complexity index is 733. The average molecular weight is 438 g/mol. The van der Waals surface area contributed by atoms with E-state index in [2.05, 4.69) is 54.4 Å². The summed E-state index contributed by atoms with van der Waals surface area (Å²) < 4.78 is 13.1. The molecule has 2 heterocycles. The van der Waals surface area contributed by atoms with Crippen molar-refractivity contribution in [3.63, 3.8) is 0 Å². The van der Waals surface area contributed by atoms with Crippen LogP contribution in [0.1, 0.15) is 38.9 Å². The van der Waals surface area contributed by atoms with E-state index in [1.54, 1.807) is 0 Å².